The topological polar surface area (TPSA) is 55.4 Å². The molecule has 0 bridgehead atoms. The van der Waals surface area contributed by atoms with Crippen LogP contribution in [-0.4, -0.2) is 30.2 Å². The van der Waals surface area contributed by atoms with Gasteiger partial charge in [-0.2, -0.15) is 13.2 Å². The Bertz CT molecular complexity index is 624. The van der Waals surface area contributed by atoms with Crippen molar-refractivity contribution in [3.63, 3.8) is 0 Å². The number of carbonyl (C=O) groups is 2. The lowest BCUT2D eigenvalue weighted by atomic mass is 9.93. The summed E-state index contributed by atoms with van der Waals surface area (Å²) in [5.74, 6) is -4.84. The zero-order valence-electron chi connectivity index (χ0n) is 12.3. The van der Waals surface area contributed by atoms with Crippen LogP contribution in [0.15, 0.2) is 18.2 Å². The predicted molar refractivity (Wildman–Crippen MR) is 72.0 cm³/mol. The number of alkyl halides is 3. The first-order valence-electron chi connectivity index (χ1n) is 7.20. The van der Waals surface area contributed by atoms with E-state index in [0.29, 0.717) is 6.07 Å². The fourth-order valence-corrected chi connectivity index (χ4v) is 2.46. The van der Waals surface area contributed by atoms with Gasteiger partial charge in [-0.05, 0) is 37.8 Å². The Morgan fingerprint density at radius 1 is 1.08 bits per heavy atom. The van der Waals surface area contributed by atoms with Crippen LogP contribution in [0.5, 0.6) is 0 Å². The quantitative estimate of drug-likeness (QED) is 0.673. The molecule has 0 unspecified atom stereocenters. The third-order valence-corrected chi connectivity index (χ3v) is 3.69. The first-order chi connectivity index (χ1) is 11.2. The molecule has 0 spiro atoms. The molecule has 24 heavy (non-hydrogen) atoms. The standard InChI is InChI=1S/C15H14F5NO3/c16-8-1-6-11(12(17)7-8)13(22)24-10-4-2-9(3-5-10)21-14(23)15(18,19)20/h1,6-7,9-10H,2-5H2,(H,21,23). The molecule has 1 amide bonds. The van der Waals surface area contributed by atoms with Gasteiger partial charge in [0, 0.05) is 12.1 Å². The van der Waals surface area contributed by atoms with E-state index in [-0.39, 0.29) is 25.7 Å². The second kappa shape index (κ2) is 7.14. The maximum atomic E-state index is 13.5. The van der Waals surface area contributed by atoms with Gasteiger partial charge >= 0.3 is 18.1 Å². The highest BCUT2D eigenvalue weighted by atomic mass is 19.4. The summed E-state index contributed by atoms with van der Waals surface area (Å²) in [4.78, 5) is 22.7. The van der Waals surface area contributed by atoms with Crippen LogP contribution in [0.2, 0.25) is 0 Å². The fraction of sp³-hybridized carbons (Fsp3) is 0.467. The molecule has 0 atom stereocenters. The third kappa shape index (κ3) is 4.65. The highest BCUT2D eigenvalue weighted by molar-refractivity contribution is 5.89. The minimum absolute atomic E-state index is 0.200. The van der Waals surface area contributed by atoms with Crippen molar-refractivity contribution in [2.24, 2.45) is 0 Å². The van der Waals surface area contributed by atoms with Crippen LogP contribution in [-0.2, 0) is 9.53 Å². The molecule has 0 saturated heterocycles. The van der Waals surface area contributed by atoms with Gasteiger partial charge in [-0.15, -0.1) is 0 Å². The first-order valence-corrected chi connectivity index (χ1v) is 7.20. The van der Waals surface area contributed by atoms with Crippen molar-refractivity contribution in [3.8, 4) is 0 Å². The third-order valence-electron chi connectivity index (χ3n) is 3.69. The van der Waals surface area contributed by atoms with Gasteiger partial charge in [-0.25, -0.2) is 13.6 Å². The normalized spacial score (nSPS) is 21.2. The van der Waals surface area contributed by atoms with Gasteiger partial charge in [0.15, 0.2) is 0 Å². The summed E-state index contributed by atoms with van der Waals surface area (Å²) < 4.78 is 67.8. The lowest BCUT2D eigenvalue weighted by Crippen LogP contribution is -2.45. The highest BCUT2D eigenvalue weighted by Crippen LogP contribution is 2.24. The molecule has 1 aliphatic carbocycles. The van der Waals surface area contributed by atoms with Gasteiger partial charge in [-0.3, -0.25) is 4.79 Å². The van der Waals surface area contributed by atoms with E-state index < -0.39 is 47.4 Å². The second-order valence-corrected chi connectivity index (χ2v) is 5.47. The second-order valence-electron chi connectivity index (χ2n) is 5.47. The van der Waals surface area contributed by atoms with E-state index in [9.17, 15) is 31.5 Å². The average Bonchev–Trinajstić information content (AvgIpc) is 2.48. The molecule has 1 aromatic rings. The SMILES string of the molecule is O=C(OC1CCC(NC(=O)C(F)(F)F)CC1)c1ccc(F)cc1F. The maximum Gasteiger partial charge on any atom is 0.471 e. The zero-order chi connectivity index (χ0) is 17.9. The van der Waals surface area contributed by atoms with E-state index >= 15 is 0 Å². The Morgan fingerprint density at radius 2 is 1.71 bits per heavy atom. The molecule has 1 fully saturated rings. The molecule has 0 aliphatic heterocycles. The van der Waals surface area contributed by atoms with Crippen molar-refractivity contribution in [1.82, 2.24) is 5.32 Å². The predicted octanol–water partition coefficient (Wildman–Crippen LogP) is 3.11. The van der Waals surface area contributed by atoms with Gasteiger partial charge in [-0.1, -0.05) is 0 Å². The van der Waals surface area contributed by atoms with Gasteiger partial charge in [0.2, 0.25) is 0 Å². The highest BCUT2D eigenvalue weighted by Gasteiger charge is 2.40. The Morgan fingerprint density at radius 3 is 2.25 bits per heavy atom. The Hall–Kier alpha value is -2.19. The molecular formula is C15H14F5NO3. The number of esters is 1. The van der Waals surface area contributed by atoms with E-state index in [1.807, 2.05) is 5.32 Å². The number of halogens is 5. The Kier molecular flexibility index (Phi) is 5.40. The van der Waals surface area contributed by atoms with Gasteiger partial charge in [0.05, 0.1) is 5.56 Å². The molecule has 0 radical (unpaired) electrons. The van der Waals surface area contributed by atoms with Gasteiger partial charge < -0.3 is 10.1 Å². The van der Waals surface area contributed by atoms with Crippen LogP contribution in [0.3, 0.4) is 0 Å². The molecule has 0 aromatic heterocycles. The van der Waals surface area contributed by atoms with E-state index in [1.165, 1.54) is 0 Å². The number of nitrogens with one attached hydrogen (secondary N) is 1. The number of carbonyl (C=O) groups excluding carboxylic acids is 2. The number of benzene rings is 1. The van der Waals surface area contributed by atoms with Crippen LogP contribution >= 0.6 is 0 Å². The maximum absolute atomic E-state index is 13.5. The summed E-state index contributed by atoms with van der Waals surface area (Å²) >= 11 is 0. The van der Waals surface area contributed by atoms with E-state index in [1.54, 1.807) is 0 Å². The molecule has 0 heterocycles. The van der Waals surface area contributed by atoms with Crippen LogP contribution in [0.25, 0.3) is 0 Å². The number of hydrogen-bond acceptors (Lipinski definition) is 3. The summed E-state index contributed by atoms with van der Waals surface area (Å²) in [6.45, 7) is 0. The average molecular weight is 351 g/mol. The van der Waals surface area contributed by atoms with Crippen molar-refractivity contribution < 1.29 is 36.3 Å². The van der Waals surface area contributed by atoms with E-state index in [0.717, 1.165) is 12.1 Å². The van der Waals surface area contributed by atoms with Crippen molar-refractivity contribution in [3.05, 3.63) is 35.4 Å². The minimum atomic E-state index is -4.94. The number of rotatable bonds is 3. The smallest absolute Gasteiger partial charge is 0.459 e. The van der Waals surface area contributed by atoms with Crippen molar-refractivity contribution in [2.75, 3.05) is 0 Å². The molecule has 132 valence electrons. The minimum Gasteiger partial charge on any atom is -0.459 e. The van der Waals surface area contributed by atoms with Crippen molar-refractivity contribution in [2.45, 2.75) is 44.0 Å². The monoisotopic (exact) mass is 351 g/mol. The Balaban J connectivity index is 1.84. The van der Waals surface area contributed by atoms with E-state index in [2.05, 4.69) is 0 Å². The summed E-state index contributed by atoms with van der Waals surface area (Å²) in [6, 6.07) is 1.78. The van der Waals surface area contributed by atoms with Gasteiger partial charge in [0.25, 0.3) is 0 Å². The van der Waals surface area contributed by atoms with Crippen LogP contribution in [0, 0.1) is 11.6 Å². The van der Waals surface area contributed by atoms with Gasteiger partial charge in [0.1, 0.15) is 17.7 Å². The number of ether oxygens (including phenoxy) is 1. The zero-order valence-corrected chi connectivity index (χ0v) is 12.3. The lowest BCUT2D eigenvalue weighted by molar-refractivity contribution is -0.174. The molecule has 1 aromatic carbocycles. The fourth-order valence-electron chi connectivity index (χ4n) is 2.46. The molecule has 1 N–H and O–H groups in total. The van der Waals surface area contributed by atoms with Crippen molar-refractivity contribution in [1.29, 1.82) is 0 Å². The summed E-state index contributed by atoms with van der Waals surface area (Å²) in [6.07, 6.45) is -4.67. The molecule has 2 rings (SSSR count). The van der Waals surface area contributed by atoms with Crippen LogP contribution in [0.1, 0.15) is 36.0 Å². The van der Waals surface area contributed by atoms with Crippen molar-refractivity contribution >= 4 is 11.9 Å². The lowest BCUT2D eigenvalue weighted by Gasteiger charge is -2.29. The van der Waals surface area contributed by atoms with Crippen LogP contribution in [0.4, 0.5) is 22.0 Å². The molecule has 1 aliphatic rings. The largest absolute Gasteiger partial charge is 0.471 e. The Labute approximate surface area is 134 Å². The summed E-state index contributed by atoms with van der Waals surface area (Å²) in [7, 11) is 0. The molecular weight excluding hydrogens is 337 g/mol. The first kappa shape index (κ1) is 18.2. The summed E-state index contributed by atoms with van der Waals surface area (Å²) in [5.41, 5.74) is -0.413. The molecule has 4 nitrogen and oxygen atoms in total. The number of hydrogen-bond donors (Lipinski definition) is 1. The molecule has 1 saturated carbocycles. The summed E-state index contributed by atoms with van der Waals surface area (Å²) in [5, 5.41) is 1.87. The molecule has 9 heteroatoms. The number of amides is 1. The van der Waals surface area contributed by atoms with Crippen LogP contribution < -0.4 is 5.32 Å². The van der Waals surface area contributed by atoms with E-state index in [4.69, 9.17) is 4.74 Å².